The molecule has 3 aromatic rings. The normalized spacial score (nSPS) is 29.0. The van der Waals surface area contributed by atoms with E-state index < -0.39 is 12.4 Å². The molecule has 3 aliphatic rings. The van der Waals surface area contributed by atoms with E-state index in [1.807, 2.05) is 42.6 Å². The number of ether oxygens (including phenoxy) is 3. The standard InChI is InChI=1S/C27H32N4O4/c1-33-22-9-5-4-8-21(22)30-10-12-31(13-11-30)25-26(32)24(23-17-34-27(25)35-23)29-16-18-14-19-6-2-3-7-20(19)28-15-18/h2-9,14-15,23-27,29,32H,10-13,16-17H2,1H3/t23-,24+,25-,26-,27+/m0/s1. The van der Waals surface area contributed by atoms with Gasteiger partial charge in [-0.15, -0.1) is 0 Å². The zero-order chi connectivity index (χ0) is 23.8. The average molecular weight is 477 g/mol. The Morgan fingerprint density at radius 3 is 2.74 bits per heavy atom. The summed E-state index contributed by atoms with van der Waals surface area (Å²) in [6.45, 7) is 4.43. The van der Waals surface area contributed by atoms with E-state index in [2.05, 4.69) is 38.3 Å². The van der Waals surface area contributed by atoms with Crippen LogP contribution in [0.1, 0.15) is 5.56 Å². The van der Waals surface area contributed by atoms with E-state index in [0.717, 1.165) is 54.1 Å². The van der Waals surface area contributed by atoms with Crippen molar-refractivity contribution < 1.29 is 19.3 Å². The third kappa shape index (κ3) is 4.37. The van der Waals surface area contributed by atoms with Gasteiger partial charge in [0.2, 0.25) is 0 Å². The molecule has 2 aromatic carbocycles. The Bertz CT molecular complexity index is 1170. The minimum absolute atomic E-state index is 0.158. The smallest absolute Gasteiger partial charge is 0.176 e. The average Bonchev–Trinajstić information content (AvgIpc) is 3.33. The second-order valence-corrected chi connectivity index (χ2v) is 9.50. The molecule has 0 unspecified atom stereocenters. The van der Waals surface area contributed by atoms with Crippen molar-refractivity contribution in [1.29, 1.82) is 0 Å². The largest absolute Gasteiger partial charge is 0.495 e. The lowest BCUT2D eigenvalue weighted by Gasteiger charge is -2.47. The first kappa shape index (κ1) is 22.7. The van der Waals surface area contributed by atoms with Crippen LogP contribution >= 0.6 is 0 Å². The fourth-order valence-electron chi connectivity index (χ4n) is 5.64. The van der Waals surface area contributed by atoms with E-state index in [1.54, 1.807) is 7.11 Å². The Balaban J connectivity index is 1.12. The van der Waals surface area contributed by atoms with Crippen LogP contribution in [0.3, 0.4) is 0 Å². The van der Waals surface area contributed by atoms with Crippen molar-refractivity contribution in [2.24, 2.45) is 0 Å². The van der Waals surface area contributed by atoms with Gasteiger partial charge in [-0.1, -0.05) is 30.3 Å². The molecule has 0 radical (unpaired) electrons. The van der Waals surface area contributed by atoms with Gasteiger partial charge in [-0.3, -0.25) is 9.88 Å². The summed E-state index contributed by atoms with van der Waals surface area (Å²) >= 11 is 0. The minimum Gasteiger partial charge on any atom is -0.495 e. The second-order valence-electron chi connectivity index (χ2n) is 9.50. The minimum atomic E-state index is -0.590. The van der Waals surface area contributed by atoms with Gasteiger partial charge in [-0.25, -0.2) is 0 Å². The fourth-order valence-corrected chi connectivity index (χ4v) is 5.64. The van der Waals surface area contributed by atoms with Crippen LogP contribution in [0.15, 0.2) is 60.8 Å². The predicted molar refractivity (Wildman–Crippen MR) is 134 cm³/mol. The molecular formula is C27H32N4O4. The molecule has 35 heavy (non-hydrogen) atoms. The van der Waals surface area contributed by atoms with Gasteiger partial charge in [0.1, 0.15) is 11.9 Å². The van der Waals surface area contributed by atoms with Crippen LogP contribution in [0.4, 0.5) is 5.69 Å². The zero-order valence-corrected chi connectivity index (χ0v) is 19.9. The lowest BCUT2D eigenvalue weighted by molar-refractivity contribution is -0.183. The van der Waals surface area contributed by atoms with Crippen LogP contribution in [0.5, 0.6) is 5.75 Å². The highest BCUT2D eigenvalue weighted by Crippen LogP contribution is 2.34. The molecule has 2 N–H and O–H groups in total. The molecule has 8 heteroatoms. The Hall–Kier alpha value is -2.75. The summed E-state index contributed by atoms with van der Waals surface area (Å²) in [5.41, 5.74) is 3.17. The number of aliphatic hydroxyl groups is 1. The van der Waals surface area contributed by atoms with E-state index in [9.17, 15) is 5.11 Å². The first-order valence-electron chi connectivity index (χ1n) is 12.4. The van der Waals surface area contributed by atoms with Crippen molar-refractivity contribution in [2.45, 2.75) is 37.1 Å². The zero-order valence-electron chi connectivity index (χ0n) is 19.9. The van der Waals surface area contributed by atoms with E-state index in [4.69, 9.17) is 14.2 Å². The molecule has 0 aliphatic carbocycles. The highest BCUT2D eigenvalue weighted by molar-refractivity contribution is 5.78. The number of benzene rings is 2. The number of rotatable bonds is 6. The van der Waals surface area contributed by atoms with Crippen LogP contribution in [0.25, 0.3) is 10.9 Å². The van der Waals surface area contributed by atoms with Crippen molar-refractivity contribution in [3.63, 3.8) is 0 Å². The SMILES string of the molecule is COc1ccccc1N1CCN([C@@H]2[C@@H]3OC[C@H](O3)[C@@H](NCc3cnc4ccccc4c3)[C@@H]2O)CC1. The molecule has 5 atom stereocenters. The maximum absolute atomic E-state index is 11.5. The quantitative estimate of drug-likeness (QED) is 0.560. The summed E-state index contributed by atoms with van der Waals surface area (Å²) in [5, 5.41) is 16.1. The molecule has 1 aromatic heterocycles. The maximum atomic E-state index is 11.5. The number of anilines is 1. The molecule has 3 fully saturated rings. The van der Waals surface area contributed by atoms with E-state index in [-0.39, 0.29) is 18.2 Å². The number of methoxy groups -OCH3 is 1. The highest BCUT2D eigenvalue weighted by atomic mass is 16.7. The Labute approximate surface area is 205 Å². The molecule has 0 saturated carbocycles. The maximum Gasteiger partial charge on any atom is 0.176 e. The van der Waals surface area contributed by atoms with Crippen molar-refractivity contribution in [2.75, 3.05) is 44.8 Å². The molecule has 3 aliphatic heterocycles. The van der Waals surface area contributed by atoms with Crippen LogP contribution in [0.2, 0.25) is 0 Å². The number of nitrogens with zero attached hydrogens (tertiary/aromatic N) is 3. The van der Waals surface area contributed by atoms with Gasteiger partial charge in [0, 0.05) is 44.3 Å². The van der Waals surface area contributed by atoms with Crippen LogP contribution in [-0.2, 0) is 16.0 Å². The Morgan fingerprint density at radius 1 is 1.09 bits per heavy atom. The topological polar surface area (TPSA) is 79.3 Å². The van der Waals surface area contributed by atoms with Crippen LogP contribution in [-0.4, -0.2) is 85.5 Å². The number of para-hydroxylation sites is 3. The fraction of sp³-hybridized carbons (Fsp3) is 0.444. The van der Waals surface area contributed by atoms with Gasteiger partial charge in [0.15, 0.2) is 6.29 Å². The molecule has 3 saturated heterocycles. The molecule has 6 rings (SSSR count). The van der Waals surface area contributed by atoms with E-state index >= 15 is 0 Å². The monoisotopic (exact) mass is 476 g/mol. The molecule has 8 nitrogen and oxygen atoms in total. The number of hydrogen-bond acceptors (Lipinski definition) is 8. The van der Waals surface area contributed by atoms with Crippen LogP contribution < -0.4 is 15.0 Å². The number of fused-ring (bicyclic) bond motifs is 3. The van der Waals surface area contributed by atoms with Gasteiger partial charge < -0.3 is 29.5 Å². The Kier molecular flexibility index (Phi) is 6.30. The van der Waals surface area contributed by atoms with Crippen molar-refractivity contribution in [1.82, 2.24) is 15.2 Å². The molecule has 0 spiro atoms. The molecular weight excluding hydrogens is 444 g/mol. The van der Waals surface area contributed by atoms with Gasteiger partial charge in [0.05, 0.1) is 43.1 Å². The summed E-state index contributed by atoms with van der Waals surface area (Å²) in [5.74, 6) is 0.886. The number of hydrogen-bond donors (Lipinski definition) is 2. The number of aromatic nitrogens is 1. The van der Waals surface area contributed by atoms with E-state index in [1.165, 1.54) is 0 Å². The summed E-state index contributed by atoms with van der Waals surface area (Å²) in [7, 11) is 1.71. The molecule has 4 heterocycles. The molecule has 184 valence electrons. The second kappa shape index (κ2) is 9.72. The lowest BCUT2D eigenvalue weighted by atomic mass is 9.94. The summed E-state index contributed by atoms with van der Waals surface area (Å²) in [4.78, 5) is 9.22. The summed E-state index contributed by atoms with van der Waals surface area (Å²) < 4.78 is 17.8. The molecule has 2 bridgehead atoms. The number of pyridine rings is 1. The van der Waals surface area contributed by atoms with Gasteiger partial charge in [-0.2, -0.15) is 0 Å². The van der Waals surface area contributed by atoms with Crippen molar-refractivity contribution in [3.05, 3.63) is 66.4 Å². The van der Waals surface area contributed by atoms with Crippen molar-refractivity contribution in [3.8, 4) is 5.75 Å². The third-order valence-corrected chi connectivity index (χ3v) is 7.48. The first-order chi connectivity index (χ1) is 17.2. The van der Waals surface area contributed by atoms with Gasteiger partial charge >= 0.3 is 0 Å². The third-order valence-electron chi connectivity index (χ3n) is 7.48. The summed E-state index contributed by atoms with van der Waals surface area (Å²) in [6, 6.07) is 17.9. The van der Waals surface area contributed by atoms with Gasteiger partial charge in [0.25, 0.3) is 0 Å². The number of nitrogens with one attached hydrogen (secondary N) is 1. The number of piperazine rings is 1. The highest BCUT2D eigenvalue weighted by Gasteiger charge is 2.52. The first-order valence-corrected chi connectivity index (χ1v) is 12.4. The van der Waals surface area contributed by atoms with Crippen LogP contribution in [0, 0.1) is 0 Å². The van der Waals surface area contributed by atoms with E-state index in [0.29, 0.717) is 13.2 Å². The summed E-state index contributed by atoms with van der Waals surface area (Å²) in [6.07, 6.45) is 0.753. The lowest BCUT2D eigenvalue weighted by Crippen LogP contribution is -2.66. The van der Waals surface area contributed by atoms with Gasteiger partial charge in [-0.05, 0) is 29.8 Å². The Morgan fingerprint density at radius 2 is 1.89 bits per heavy atom. The molecule has 0 amide bonds. The van der Waals surface area contributed by atoms with Crippen molar-refractivity contribution >= 4 is 16.6 Å². The number of aliphatic hydroxyl groups excluding tert-OH is 1. The predicted octanol–water partition coefficient (Wildman–Crippen LogP) is 2.01.